The van der Waals surface area contributed by atoms with Gasteiger partial charge in [0.15, 0.2) is 5.78 Å². The summed E-state index contributed by atoms with van der Waals surface area (Å²) in [4.78, 5) is 85.4. The first-order valence-electron chi connectivity index (χ1n) is 27.3. The molecule has 0 radical (unpaired) electrons. The average Bonchev–Trinajstić information content (AvgIpc) is 3.36. The summed E-state index contributed by atoms with van der Waals surface area (Å²) >= 11 is 0. The van der Waals surface area contributed by atoms with Crippen LogP contribution < -0.4 is 0 Å². The van der Waals surface area contributed by atoms with Gasteiger partial charge in [0.1, 0.15) is 41.7 Å². The Bertz CT molecular complexity index is 2070. The number of hydrogen-bond donors (Lipinski definition) is 4. The summed E-state index contributed by atoms with van der Waals surface area (Å²) in [5.41, 5.74) is -1.34. The molecule has 4 N–H and O–H groups in total. The average molecular weight is 1020 g/mol. The first kappa shape index (κ1) is 55.8. The van der Waals surface area contributed by atoms with Crippen molar-refractivity contribution >= 4 is 35.2 Å². The van der Waals surface area contributed by atoms with Crippen molar-refractivity contribution in [2.45, 2.75) is 180 Å². The van der Waals surface area contributed by atoms with E-state index in [4.69, 9.17) is 32.5 Å². The lowest BCUT2D eigenvalue weighted by atomic mass is 9.78. The minimum Gasteiger partial charge on any atom is -0.460 e. The van der Waals surface area contributed by atoms with Crippen molar-refractivity contribution in [1.82, 2.24) is 4.90 Å². The molecule has 406 valence electrons. The Kier molecular flexibility index (Phi) is 21.8. The van der Waals surface area contributed by atoms with Gasteiger partial charge in [0, 0.05) is 58.4 Å². The van der Waals surface area contributed by atoms with Gasteiger partial charge < -0.3 is 53.7 Å². The fourth-order valence-electron chi connectivity index (χ4n) is 10.3. The molecule has 4 rings (SSSR count). The number of rotatable bonds is 10. The quantitative estimate of drug-likeness (QED) is 0.123. The number of amides is 1. The van der Waals surface area contributed by atoms with Crippen LogP contribution in [0, 0.1) is 40.9 Å². The highest BCUT2D eigenvalue weighted by molar-refractivity contribution is 6.39. The second-order valence-corrected chi connectivity index (χ2v) is 21.3. The summed E-state index contributed by atoms with van der Waals surface area (Å²) in [5.74, 6) is -10.4. The maximum absolute atomic E-state index is 14.6. The predicted molar refractivity (Wildman–Crippen MR) is 267 cm³/mol. The maximum atomic E-state index is 14.6. The summed E-state index contributed by atoms with van der Waals surface area (Å²) in [6.07, 6.45) is 8.64. The zero-order valence-electron chi connectivity index (χ0n) is 46.9. The summed E-state index contributed by atoms with van der Waals surface area (Å²) in [6.45, 7) is 10.2. The second-order valence-electron chi connectivity index (χ2n) is 21.3. The lowest BCUT2D eigenvalue weighted by molar-refractivity contribution is -0.265. The van der Waals surface area contributed by atoms with Crippen molar-refractivity contribution in [2.75, 3.05) is 41.0 Å². The smallest absolute Gasteiger partial charge is 0.329 e. The molecule has 2 saturated heterocycles. The molecule has 3 fully saturated rings. The van der Waals surface area contributed by atoms with Gasteiger partial charge in [-0.1, -0.05) is 77.2 Å². The van der Waals surface area contributed by atoms with Crippen LogP contribution in [-0.4, -0.2) is 156 Å². The molecule has 1 amide bonds. The third kappa shape index (κ3) is 15.8. The van der Waals surface area contributed by atoms with Gasteiger partial charge in [0.2, 0.25) is 5.79 Å². The normalized spacial score (nSPS) is 38.2. The van der Waals surface area contributed by atoms with Crippen molar-refractivity contribution in [3.05, 3.63) is 48.1 Å². The lowest BCUT2D eigenvalue weighted by Gasteiger charge is -2.42. The molecule has 0 aromatic heterocycles. The Morgan fingerprint density at radius 1 is 0.903 bits per heavy atom. The zero-order valence-corrected chi connectivity index (χ0v) is 43.9. The number of Topliss-reactive ketones (excluding diaryl/α,β-unsaturated/α-hetero) is 3. The highest BCUT2D eigenvalue weighted by Crippen LogP contribution is 2.38. The Hall–Kier alpha value is -3.94. The van der Waals surface area contributed by atoms with Crippen LogP contribution in [-0.2, 0) is 57.2 Å². The van der Waals surface area contributed by atoms with Crippen molar-refractivity contribution in [3.63, 3.8) is 0 Å². The van der Waals surface area contributed by atoms with E-state index in [9.17, 15) is 49.2 Å². The topological polar surface area (TPSA) is 242 Å². The fraction of sp³-hybridized carbons (Fsp3) is 0.745. The third-order valence-corrected chi connectivity index (χ3v) is 15.4. The van der Waals surface area contributed by atoms with Crippen LogP contribution in [0.25, 0.3) is 0 Å². The van der Waals surface area contributed by atoms with E-state index in [-0.39, 0.29) is 62.7 Å². The van der Waals surface area contributed by atoms with Crippen LogP contribution in [0.1, 0.15) is 130 Å². The number of ketones is 3. The molecule has 2 bridgehead atoms. The van der Waals surface area contributed by atoms with Crippen LogP contribution in [0.3, 0.4) is 0 Å². The van der Waals surface area contributed by atoms with E-state index >= 15 is 0 Å². The summed E-state index contributed by atoms with van der Waals surface area (Å²) < 4.78 is 58.3. The van der Waals surface area contributed by atoms with E-state index in [1.807, 2.05) is 37.3 Å². The van der Waals surface area contributed by atoms with Crippen molar-refractivity contribution < 1.29 is 81.7 Å². The Balaban J connectivity index is 1.71. The molecule has 15 atom stereocenters. The van der Waals surface area contributed by atoms with Crippen LogP contribution in [0.4, 0.5) is 0 Å². The minimum absolute atomic E-state index is 0.00280. The van der Waals surface area contributed by atoms with Crippen LogP contribution in [0.15, 0.2) is 48.1 Å². The first-order chi connectivity index (χ1) is 35.2. The van der Waals surface area contributed by atoms with Gasteiger partial charge in [0.25, 0.3) is 11.7 Å². The number of fused-ring (bicyclic) bond motifs is 3. The van der Waals surface area contributed by atoms with E-state index in [2.05, 4.69) is 0 Å². The Morgan fingerprint density at radius 3 is 2.25 bits per heavy atom. The van der Waals surface area contributed by atoms with Crippen molar-refractivity contribution in [1.29, 1.82) is 0 Å². The molecule has 1 aliphatic carbocycles. The number of nitrogens with zero attached hydrogens (tertiary/aromatic N) is 1. The number of aliphatic hydroxyl groups is 4. The van der Waals surface area contributed by atoms with Crippen LogP contribution >= 0.6 is 0 Å². The monoisotopic (exact) mass is 1020 g/mol. The predicted octanol–water partition coefficient (Wildman–Crippen LogP) is 5.33. The number of piperidine rings is 1. The highest BCUT2D eigenvalue weighted by atomic mass is 16.6. The van der Waals surface area contributed by atoms with Gasteiger partial charge in [-0.2, -0.15) is 0 Å². The largest absolute Gasteiger partial charge is 0.460 e. The molecule has 0 aromatic rings. The fourth-order valence-corrected chi connectivity index (χ4v) is 10.3. The molecule has 72 heavy (non-hydrogen) atoms. The standard InChI is InChI=1S/C55H85NO16/c1-33-17-13-11-12-14-18-40(67-8)29-41-22-20-38(6)55(66,72-41)50(62)51(63)56-24-16-15-19-42(56)52(64)70-45(30-43(59)34(2)26-37(5)48(61)49(69-10)47(60)36(4)25-33)35(3)27-39-21-23-44(46(28-39)68-9)71-53(65)54(7,31-57)32-58/h11-14,17-18,26,33-36,38-42,44-46,48-49,57-58,61,66H,15-16,19-25,27-32H2,1-10H3/b12-11+,17-13+,18-14+,37-26+/t33-,34-,35-,36-,38-,39+,40-,41+,42+,44-,45+,46-,48-,49+,55-/m1/s1/i9T3. The van der Waals surface area contributed by atoms with Gasteiger partial charge in [-0.3, -0.25) is 24.0 Å². The summed E-state index contributed by atoms with van der Waals surface area (Å²) in [7, 11) is -0.0279. The molecule has 1 saturated carbocycles. The lowest BCUT2D eigenvalue weighted by Crippen LogP contribution is -2.60. The molecular weight excluding hydrogens is 931 g/mol. The van der Waals surface area contributed by atoms with Gasteiger partial charge >= 0.3 is 11.9 Å². The second kappa shape index (κ2) is 28.1. The molecular formula is C55H85NO16. The molecule has 4 aliphatic rings. The van der Waals surface area contributed by atoms with Crippen molar-refractivity contribution in [2.24, 2.45) is 40.9 Å². The van der Waals surface area contributed by atoms with E-state index in [1.54, 1.807) is 40.7 Å². The number of allylic oxidation sites excluding steroid dienone is 6. The van der Waals surface area contributed by atoms with E-state index < -0.39 is 133 Å². The number of cyclic esters (lactones) is 1. The van der Waals surface area contributed by atoms with Gasteiger partial charge in [0.05, 0.1) is 35.6 Å². The Morgan fingerprint density at radius 2 is 1.60 bits per heavy atom. The molecule has 17 heteroatoms. The number of ether oxygens (including phenoxy) is 6. The molecule has 0 spiro atoms. The first-order valence-corrected chi connectivity index (χ1v) is 25.8. The molecule has 0 unspecified atom stereocenters. The van der Waals surface area contributed by atoms with E-state index in [1.165, 1.54) is 27.2 Å². The minimum atomic E-state index is -2.89. The maximum Gasteiger partial charge on any atom is 0.329 e. The van der Waals surface area contributed by atoms with Crippen molar-refractivity contribution in [3.8, 4) is 0 Å². The van der Waals surface area contributed by atoms with Gasteiger partial charge in [-0.15, -0.1) is 0 Å². The molecule has 3 aliphatic heterocycles. The van der Waals surface area contributed by atoms with Gasteiger partial charge in [-0.05, 0) is 101 Å². The third-order valence-electron chi connectivity index (χ3n) is 15.4. The summed E-state index contributed by atoms with van der Waals surface area (Å²) in [6, 6.07) is -1.27. The summed E-state index contributed by atoms with van der Waals surface area (Å²) in [5, 5.41) is 43.1. The van der Waals surface area contributed by atoms with E-state index in [0.29, 0.717) is 44.1 Å². The number of carbonyl (C=O) groups excluding carboxylic acids is 6. The van der Waals surface area contributed by atoms with Crippen LogP contribution in [0.5, 0.6) is 0 Å². The van der Waals surface area contributed by atoms with Crippen LogP contribution in [0.2, 0.25) is 0 Å². The SMILES string of the molecule is [3H]C([3H])([3H])O[C@@H]1C[C@H](C[C@@H](C)[C@@H]2CC(=O)[C@H](C)/C=C(\C)[C@@H](O)[C@@H](OC)C(=O)[C@H](C)C[C@H](C)/C=C/C=C/C=C/[C@@H](OC)C[C@@H]3CC[C@@H](C)[C@@](O)(O3)C(=O)C(=O)N3CCCC[C@H]3C(=O)O2)CC[C@H]1OC(=O)C(C)(CO)CO. The highest BCUT2D eigenvalue weighted by Gasteiger charge is 2.53. The zero-order chi connectivity index (χ0) is 56.0. The number of esters is 2. The molecule has 17 nitrogen and oxygen atoms in total. The molecule has 0 aromatic carbocycles. The number of carbonyl (C=O) groups is 6. The Labute approximate surface area is 430 Å². The van der Waals surface area contributed by atoms with E-state index in [0.717, 1.165) is 4.90 Å². The number of hydrogen-bond acceptors (Lipinski definition) is 16. The molecule has 3 heterocycles. The van der Waals surface area contributed by atoms with Gasteiger partial charge in [-0.25, -0.2) is 4.79 Å². The number of aliphatic hydroxyl groups excluding tert-OH is 3. The number of methoxy groups -OCH3 is 3.